The summed E-state index contributed by atoms with van der Waals surface area (Å²) in [6, 6.07) is 9.60. The molecule has 4 heteroatoms. The van der Waals surface area contributed by atoms with Crippen molar-refractivity contribution in [3.8, 4) is 6.19 Å². The average molecular weight is 216 g/mol. The highest BCUT2D eigenvalue weighted by molar-refractivity contribution is 5.94. The predicted octanol–water partition coefficient (Wildman–Crippen LogP) is 2.32. The zero-order valence-corrected chi connectivity index (χ0v) is 9.78. The first kappa shape index (κ1) is 12.1. The minimum atomic E-state index is -0.235. The quantitative estimate of drug-likeness (QED) is 0.328. The summed E-state index contributed by atoms with van der Waals surface area (Å²) >= 11 is 0. The molecule has 0 aliphatic rings. The Balaban J connectivity index is 2.82. The predicted molar refractivity (Wildman–Crippen MR) is 66.0 cm³/mol. The third kappa shape index (κ3) is 4.47. The highest BCUT2D eigenvalue weighted by Gasteiger charge is 2.09. The normalized spacial score (nSPS) is 11.8. The first-order chi connectivity index (χ1) is 7.51. The molecule has 1 rings (SSSR count). The molecule has 1 aromatic carbocycles. The van der Waals surface area contributed by atoms with E-state index >= 15 is 0 Å². The third-order valence-corrected chi connectivity index (χ3v) is 1.66. The van der Waals surface area contributed by atoms with Crippen molar-refractivity contribution in [1.82, 2.24) is 5.32 Å². The molecule has 0 saturated heterocycles. The van der Waals surface area contributed by atoms with E-state index in [0.717, 1.165) is 5.69 Å². The molecule has 0 bridgehead atoms. The second kappa shape index (κ2) is 5.17. The van der Waals surface area contributed by atoms with Crippen LogP contribution in [0.4, 0.5) is 5.69 Å². The molecule has 2 N–H and O–H groups in total. The summed E-state index contributed by atoms with van der Waals surface area (Å²) in [6.07, 6.45) is 1.87. The van der Waals surface area contributed by atoms with Crippen LogP contribution >= 0.6 is 0 Å². The molecule has 0 amide bonds. The maximum Gasteiger partial charge on any atom is 0.209 e. The lowest BCUT2D eigenvalue weighted by molar-refractivity contribution is 0.581. The fraction of sp³-hybridized carbons (Fsp3) is 0.333. The number of hydrogen-bond acceptors (Lipinski definition) is 2. The van der Waals surface area contributed by atoms with E-state index in [2.05, 4.69) is 15.6 Å². The molecule has 1 aromatic rings. The number of hydrogen-bond donors (Lipinski definition) is 2. The molecule has 0 saturated carbocycles. The molecule has 4 nitrogen and oxygen atoms in total. The number of para-hydroxylation sites is 1. The van der Waals surface area contributed by atoms with Crippen LogP contribution in [0.5, 0.6) is 0 Å². The van der Waals surface area contributed by atoms with Crippen LogP contribution in [-0.4, -0.2) is 11.5 Å². The molecule has 0 aromatic heterocycles. The Labute approximate surface area is 96.0 Å². The highest BCUT2D eigenvalue weighted by atomic mass is 15.2. The Kier molecular flexibility index (Phi) is 3.90. The molecule has 0 radical (unpaired) electrons. The van der Waals surface area contributed by atoms with Gasteiger partial charge in [0.25, 0.3) is 0 Å². The number of nitrogens with one attached hydrogen (secondary N) is 2. The molecule has 0 heterocycles. The van der Waals surface area contributed by atoms with Crippen molar-refractivity contribution in [3.05, 3.63) is 30.3 Å². The van der Waals surface area contributed by atoms with Crippen LogP contribution < -0.4 is 10.6 Å². The first-order valence-corrected chi connectivity index (χ1v) is 5.08. The summed E-state index contributed by atoms with van der Waals surface area (Å²) in [6.45, 7) is 5.91. The minimum absolute atomic E-state index is 0.235. The second-order valence-electron chi connectivity index (χ2n) is 4.36. The molecule has 84 valence electrons. The number of anilines is 1. The fourth-order valence-electron chi connectivity index (χ4n) is 1.13. The van der Waals surface area contributed by atoms with E-state index in [1.165, 1.54) is 0 Å². The summed E-state index contributed by atoms with van der Waals surface area (Å²) in [5, 5.41) is 14.2. The largest absolute Gasteiger partial charge is 0.326 e. The van der Waals surface area contributed by atoms with Gasteiger partial charge in [0.1, 0.15) is 0 Å². The van der Waals surface area contributed by atoms with Gasteiger partial charge >= 0.3 is 0 Å². The van der Waals surface area contributed by atoms with Crippen LogP contribution in [0.15, 0.2) is 35.3 Å². The number of aliphatic imine (C=N–C) groups is 1. The Morgan fingerprint density at radius 1 is 1.25 bits per heavy atom. The maximum atomic E-state index is 8.63. The maximum absolute atomic E-state index is 8.63. The number of guanidine groups is 1. The minimum Gasteiger partial charge on any atom is -0.326 e. The van der Waals surface area contributed by atoms with Crippen molar-refractivity contribution in [2.75, 3.05) is 5.32 Å². The standard InChI is InChI=1S/C12H16N4/c1-12(2,3)16-11(14-9-13)15-10-7-5-4-6-8-10/h4-8H,1-3H3,(H2,14,15,16). The summed E-state index contributed by atoms with van der Waals surface area (Å²) < 4.78 is 0. The van der Waals surface area contributed by atoms with E-state index in [1.54, 1.807) is 0 Å². The number of nitrogens with zero attached hydrogens (tertiary/aromatic N) is 2. The van der Waals surface area contributed by atoms with Crippen molar-refractivity contribution in [2.24, 2.45) is 4.99 Å². The van der Waals surface area contributed by atoms with Crippen molar-refractivity contribution in [1.29, 1.82) is 5.26 Å². The Bertz CT molecular complexity index is 395. The first-order valence-electron chi connectivity index (χ1n) is 5.08. The Morgan fingerprint density at radius 2 is 1.88 bits per heavy atom. The van der Waals surface area contributed by atoms with E-state index in [4.69, 9.17) is 5.26 Å². The van der Waals surface area contributed by atoms with Gasteiger partial charge in [-0.3, -0.25) is 5.32 Å². The molecular weight excluding hydrogens is 200 g/mol. The van der Waals surface area contributed by atoms with Gasteiger partial charge in [0.2, 0.25) is 5.96 Å². The SMILES string of the molecule is CC(C)(C)N=C(NC#N)Nc1ccccc1. The van der Waals surface area contributed by atoms with E-state index in [1.807, 2.05) is 57.3 Å². The van der Waals surface area contributed by atoms with E-state index in [9.17, 15) is 0 Å². The topological polar surface area (TPSA) is 60.2 Å². The van der Waals surface area contributed by atoms with E-state index in [-0.39, 0.29) is 5.54 Å². The zero-order valence-electron chi connectivity index (χ0n) is 9.78. The fourth-order valence-corrected chi connectivity index (χ4v) is 1.13. The lowest BCUT2D eigenvalue weighted by atomic mass is 10.1. The van der Waals surface area contributed by atoms with E-state index in [0.29, 0.717) is 5.96 Å². The van der Waals surface area contributed by atoms with Crippen LogP contribution in [0.1, 0.15) is 20.8 Å². The molecular formula is C12H16N4. The molecule has 0 spiro atoms. The Hall–Kier alpha value is -2.02. The van der Waals surface area contributed by atoms with Gasteiger partial charge in [0, 0.05) is 5.69 Å². The van der Waals surface area contributed by atoms with Crippen molar-refractivity contribution in [2.45, 2.75) is 26.3 Å². The molecule has 0 aliphatic carbocycles. The lowest BCUT2D eigenvalue weighted by Crippen LogP contribution is -2.30. The summed E-state index contributed by atoms with van der Waals surface area (Å²) in [4.78, 5) is 4.37. The van der Waals surface area contributed by atoms with Gasteiger partial charge in [-0.15, -0.1) is 0 Å². The summed E-state index contributed by atoms with van der Waals surface area (Å²) in [7, 11) is 0. The lowest BCUT2D eigenvalue weighted by Gasteiger charge is -2.15. The third-order valence-electron chi connectivity index (χ3n) is 1.66. The van der Waals surface area contributed by atoms with Crippen molar-refractivity contribution < 1.29 is 0 Å². The van der Waals surface area contributed by atoms with Crippen LogP contribution in [0, 0.1) is 11.5 Å². The number of rotatable bonds is 1. The van der Waals surface area contributed by atoms with Gasteiger partial charge in [0.15, 0.2) is 6.19 Å². The zero-order chi connectivity index (χ0) is 12.0. The monoisotopic (exact) mass is 216 g/mol. The van der Waals surface area contributed by atoms with Gasteiger partial charge in [-0.1, -0.05) is 18.2 Å². The smallest absolute Gasteiger partial charge is 0.209 e. The van der Waals surface area contributed by atoms with Crippen LogP contribution in [0.25, 0.3) is 0 Å². The number of benzene rings is 1. The van der Waals surface area contributed by atoms with Gasteiger partial charge in [-0.25, -0.2) is 4.99 Å². The average Bonchev–Trinajstić information content (AvgIpc) is 2.17. The van der Waals surface area contributed by atoms with E-state index < -0.39 is 0 Å². The van der Waals surface area contributed by atoms with Gasteiger partial charge in [0.05, 0.1) is 5.54 Å². The second-order valence-corrected chi connectivity index (χ2v) is 4.36. The summed E-state index contributed by atoms with van der Waals surface area (Å²) in [5.74, 6) is 0.459. The highest BCUT2D eigenvalue weighted by Crippen LogP contribution is 2.09. The molecule has 16 heavy (non-hydrogen) atoms. The van der Waals surface area contributed by atoms with Crippen LogP contribution in [0.3, 0.4) is 0 Å². The molecule has 0 atom stereocenters. The van der Waals surface area contributed by atoms with Crippen molar-refractivity contribution >= 4 is 11.6 Å². The van der Waals surface area contributed by atoms with Gasteiger partial charge in [-0.05, 0) is 32.9 Å². The Morgan fingerprint density at radius 3 is 2.38 bits per heavy atom. The van der Waals surface area contributed by atoms with Crippen molar-refractivity contribution in [3.63, 3.8) is 0 Å². The number of nitriles is 1. The van der Waals surface area contributed by atoms with Crippen LogP contribution in [0.2, 0.25) is 0 Å². The molecule has 0 fully saturated rings. The van der Waals surface area contributed by atoms with Gasteiger partial charge < -0.3 is 5.32 Å². The summed E-state index contributed by atoms with van der Waals surface area (Å²) in [5.41, 5.74) is 0.661. The van der Waals surface area contributed by atoms with Gasteiger partial charge in [-0.2, -0.15) is 5.26 Å². The molecule has 0 aliphatic heterocycles. The molecule has 0 unspecified atom stereocenters. The van der Waals surface area contributed by atoms with Crippen LogP contribution in [-0.2, 0) is 0 Å².